The van der Waals surface area contributed by atoms with Gasteiger partial charge in [-0.05, 0) is 0 Å². The minimum atomic E-state index is -4.64. The molecule has 0 atom stereocenters. The molecule has 0 aliphatic carbocycles. The van der Waals surface area contributed by atoms with Gasteiger partial charge in [-0.2, -0.15) is 8.42 Å². The molecule has 0 aromatic heterocycles. The standard InChI is InChI=1S/C2H4O5S.K.H/c3-1-2(4)8(5,6)7;;/h3H,1H2,(H,5,6,7);;. The van der Waals surface area contributed by atoms with Gasteiger partial charge >= 0.3 is 61.5 Å². The van der Waals surface area contributed by atoms with Crippen LogP contribution in [0.15, 0.2) is 0 Å². The molecule has 0 amide bonds. The van der Waals surface area contributed by atoms with Crippen LogP contribution in [-0.2, 0) is 14.9 Å². The Kier molecular flexibility index (Phi) is 6.99. The molecular formula is C2H5KO5S. The second-order valence-electron chi connectivity index (χ2n) is 1.01. The first-order valence-electron chi connectivity index (χ1n) is 1.59. The first kappa shape index (κ1) is 12.8. The third kappa shape index (κ3) is 5.61. The number of carbonyl (C=O) groups is 1. The van der Waals surface area contributed by atoms with E-state index in [1.807, 2.05) is 0 Å². The topological polar surface area (TPSA) is 91.7 Å². The Bertz CT molecular complexity index is 181. The Morgan fingerprint density at radius 2 is 1.78 bits per heavy atom. The summed E-state index contributed by atoms with van der Waals surface area (Å²) in [4.78, 5) is 9.75. The SMILES string of the molecule is O=C(CO)S(=O)(=O)O.[KH]. The Labute approximate surface area is 94.6 Å². The summed E-state index contributed by atoms with van der Waals surface area (Å²) in [5.41, 5.74) is 0. The summed E-state index contributed by atoms with van der Waals surface area (Å²) in [5.74, 6) is 0. The van der Waals surface area contributed by atoms with E-state index >= 15 is 0 Å². The predicted octanol–water partition coefficient (Wildman–Crippen LogP) is -2.26. The van der Waals surface area contributed by atoms with Crippen molar-refractivity contribution in [1.29, 1.82) is 0 Å². The number of rotatable bonds is 1. The molecule has 0 rings (SSSR count). The molecule has 0 aromatic rings. The van der Waals surface area contributed by atoms with Gasteiger partial charge in [-0.25, -0.2) is 0 Å². The van der Waals surface area contributed by atoms with Gasteiger partial charge in [0.15, 0.2) is 0 Å². The molecular weight excluding hydrogens is 175 g/mol. The van der Waals surface area contributed by atoms with E-state index in [1.165, 1.54) is 0 Å². The monoisotopic (exact) mass is 180 g/mol. The third-order valence-electron chi connectivity index (χ3n) is 0.417. The minimum absolute atomic E-state index is 0. The second-order valence-corrected chi connectivity index (χ2v) is 2.41. The fourth-order valence-corrected chi connectivity index (χ4v) is 0.245. The number of hydrogen-bond donors (Lipinski definition) is 2. The van der Waals surface area contributed by atoms with E-state index in [-0.39, 0.29) is 51.4 Å². The summed E-state index contributed by atoms with van der Waals surface area (Å²) in [5, 5.41) is 6.20. The second kappa shape index (κ2) is 4.91. The molecule has 5 nitrogen and oxygen atoms in total. The molecule has 0 aromatic carbocycles. The van der Waals surface area contributed by atoms with E-state index in [4.69, 9.17) is 9.66 Å². The molecule has 0 saturated heterocycles. The fourth-order valence-electron chi connectivity index (χ4n) is 0.0816. The summed E-state index contributed by atoms with van der Waals surface area (Å²) >= 11 is 0. The number of aliphatic hydroxyl groups excluding tert-OH is 1. The average molecular weight is 180 g/mol. The quantitative estimate of drug-likeness (QED) is 0.351. The molecule has 0 bridgehead atoms. The summed E-state index contributed by atoms with van der Waals surface area (Å²) in [6.07, 6.45) is 0. The first-order chi connectivity index (χ1) is 3.48. The van der Waals surface area contributed by atoms with Gasteiger partial charge in [0.2, 0.25) is 0 Å². The molecule has 0 unspecified atom stereocenters. The zero-order chi connectivity index (χ0) is 6.78. The maximum absolute atomic E-state index is 9.75. The maximum atomic E-state index is 9.75. The van der Waals surface area contributed by atoms with E-state index in [2.05, 4.69) is 0 Å². The van der Waals surface area contributed by atoms with Crippen LogP contribution in [0.3, 0.4) is 0 Å². The Morgan fingerprint density at radius 3 is 1.78 bits per heavy atom. The average Bonchev–Trinajstić information content (AvgIpc) is 1.62. The zero-order valence-corrected chi connectivity index (χ0v) is 4.55. The van der Waals surface area contributed by atoms with Crippen LogP contribution in [0.5, 0.6) is 0 Å². The van der Waals surface area contributed by atoms with Gasteiger partial charge in [-0.15, -0.1) is 0 Å². The van der Waals surface area contributed by atoms with Crippen molar-refractivity contribution in [2.45, 2.75) is 0 Å². The van der Waals surface area contributed by atoms with E-state index < -0.39 is 21.8 Å². The Hall–Kier alpha value is 1.18. The Morgan fingerprint density at radius 1 is 1.44 bits per heavy atom. The van der Waals surface area contributed by atoms with Crippen molar-refractivity contribution in [3.05, 3.63) is 0 Å². The molecule has 50 valence electrons. The van der Waals surface area contributed by atoms with Crippen molar-refractivity contribution >= 4 is 66.6 Å². The summed E-state index contributed by atoms with van der Waals surface area (Å²) in [6.45, 7) is -1.18. The van der Waals surface area contributed by atoms with E-state index in [0.29, 0.717) is 0 Å². The van der Waals surface area contributed by atoms with Gasteiger partial charge in [0.1, 0.15) is 6.61 Å². The van der Waals surface area contributed by atoms with Crippen LogP contribution < -0.4 is 0 Å². The van der Waals surface area contributed by atoms with Gasteiger partial charge < -0.3 is 5.11 Å². The normalized spacial score (nSPS) is 10.0. The van der Waals surface area contributed by atoms with Gasteiger partial charge in [-0.1, -0.05) is 0 Å². The van der Waals surface area contributed by atoms with Crippen LogP contribution in [0.1, 0.15) is 0 Å². The van der Waals surface area contributed by atoms with Crippen LogP contribution in [0.4, 0.5) is 0 Å². The van der Waals surface area contributed by atoms with Crippen LogP contribution in [-0.4, -0.2) is 81.2 Å². The molecule has 0 aliphatic rings. The van der Waals surface area contributed by atoms with Crippen molar-refractivity contribution in [3.8, 4) is 0 Å². The van der Waals surface area contributed by atoms with Crippen molar-refractivity contribution in [2.24, 2.45) is 0 Å². The van der Waals surface area contributed by atoms with Crippen LogP contribution in [0, 0.1) is 0 Å². The molecule has 0 fully saturated rings. The van der Waals surface area contributed by atoms with Crippen LogP contribution >= 0.6 is 0 Å². The van der Waals surface area contributed by atoms with Crippen molar-refractivity contribution < 1.29 is 22.9 Å². The molecule has 0 heterocycles. The molecule has 9 heavy (non-hydrogen) atoms. The van der Waals surface area contributed by atoms with Gasteiger partial charge in [0.05, 0.1) is 0 Å². The van der Waals surface area contributed by atoms with Gasteiger partial charge in [-0.3, -0.25) is 9.35 Å². The molecule has 2 N–H and O–H groups in total. The number of carbonyl (C=O) groups excluding carboxylic acids is 1. The molecule has 0 saturated carbocycles. The first-order valence-corrected chi connectivity index (χ1v) is 3.03. The van der Waals surface area contributed by atoms with E-state index in [9.17, 15) is 13.2 Å². The van der Waals surface area contributed by atoms with Gasteiger partial charge in [0, 0.05) is 0 Å². The van der Waals surface area contributed by atoms with E-state index in [0.717, 1.165) is 0 Å². The van der Waals surface area contributed by atoms with Crippen LogP contribution in [0.25, 0.3) is 0 Å². The zero-order valence-electron chi connectivity index (χ0n) is 3.73. The summed E-state index contributed by atoms with van der Waals surface area (Å²) in [6, 6.07) is 0. The van der Waals surface area contributed by atoms with E-state index in [1.54, 1.807) is 0 Å². The molecule has 7 heteroatoms. The molecule has 0 spiro atoms. The molecule has 0 aliphatic heterocycles. The van der Waals surface area contributed by atoms with Crippen molar-refractivity contribution in [2.75, 3.05) is 6.61 Å². The third-order valence-corrected chi connectivity index (χ3v) is 1.12. The predicted molar refractivity (Wildman–Crippen MR) is 30.8 cm³/mol. The number of hydrogen-bond acceptors (Lipinski definition) is 4. The summed E-state index contributed by atoms with van der Waals surface area (Å²) in [7, 11) is -4.64. The Balaban J connectivity index is 0. The summed E-state index contributed by atoms with van der Waals surface area (Å²) < 4.78 is 27.0. The fraction of sp³-hybridized carbons (Fsp3) is 0.500. The van der Waals surface area contributed by atoms with Gasteiger partial charge in [0.25, 0.3) is 5.12 Å². The van der Waals surface area contributed by atoms with Crippen LogP contribution in [0.2, 0.25) is 0 Å². The molecule has 0 radical (unpaired) electrons. The number of aliphatic hydroxyl groups is 1. The van der Waals surface area contributed by atoms with Crippen molar-refractivity contribution in [1.82, 2.24) is 0 Å². The van der Waals surface area contributed by atoms with Crippen molar-refractivity contribution in [3.63, 3.8) is 0 Å².